The lowest BCUT2D eigenvalue weighted by Crippen LogP contribution is -2.13. The zero-order chi connectivity index (χ0) is 37.7. The van der Waals surface area contributed by atoms with Crippen LogP contribution in [0.1, 0.15) is 34.8 Å². The van der Waals surface area contributed by atoms with Gasteiger partial charge < -0.3 is 15.3 Å². The molecule has 4 aromatic heterocycles. The Morgan fingerprint density at radius 3 is 1.60 bits per heavy atom. The van der Waals surface area contributed by atoms with Crippen LogP contribution < -0.4 is 5.32 Å². The van der Waals surface area contributed by atoms with Crippen molar-refractivity contribution in [2.75, 3.05) is 24.1 Å². The summed E-state index contributed by atoms with van der Waals surface area (Å²) in [6.45, 7) is 0. The van der Waals surface area contributed by atoms with Gasteiger partial charge in [-0.25, -0.2) is 35.2 Å². The van der Waals surface area contributed by atoms with Gasteiger partial charge in [0.2, 0.25) is 5.91 Å². The number of carbonyl (C=O) groups is 1. The molecule has 3 N–H and O–H groups in total. The van der Waals surface area contributed by atoms with Crippen molar-refractivity contribution in [1.29, 1.82) is 0 Å². The first-order valence-electron chi connectivity index (χ1n) is 16.1. The SMILES string of the molecule is CS(=O)(=O)c1c2nc(c(S(C)(=O)=O)c3ccc([nH]3)c(-c3ccccc3NC(=O)CCc3cccnc3)c3ccc([nH]3)c(S(C)(=O)=O)c3nc1C=C3)C=C2. The average Bonchev–Trinajstić information content (AvgIpc) is 3.90. The minimum Gasteiger partial charge on any atom is -0.354 e. The summed E-state index contributed by atoms with van der Waals surface area (Å²) >= 11 is 0. The highest BCUT2D eigenvalue weighted by molar-refractivity contribution is 7.91. The van der Waals surface area contributed by atoms with Gasteiger partial charge in [-0.2, -0.15) is 0 Å². The molecule has 0 atom stereocenters. The number of hydrogen-bond acceptors (Lipinski definition) is 10. The number of hydrogen-bond donors (Lipinski definition) is 3. The zero-order valence-electron chi connectivity index (χ0n) is 28.6. The number of aromatic amines is 2. The molecular weight excluding hydrogens is 737 g/mol. The number of rotatable bonds is 8. The maximum Gasteiger partial charge on any atom is 0.224 e. The molecule has 1 aromatic carbocycles. The molecule has 7 rings (SSSR count). The van der Waals surface area contributed by atoms with Gasteiger partial charge in [-0.05, 0) is 72.7 Å². The number of fused-ring (bicyclic) bond motifs is 8. The van der Waals surface area contributed by atoms with E-state index in [0.717, 1.165) is 24.3 Å². The number of nitrogens with one attached hydrogen (secondary N) is 3. The summed E-state index contributed by atoms with van der Waals surface area (Å²) in [6.07, 6.45) is 12.6. The molecule has 0 saturated carbocycles. The van der Waals surface area contributed by atoms with E-state index in [2.05, 4.69) is 30.2 Å². The molecular formula is C37H32N6O7S3. The molecule has 6 heterocycles. The molecule has 0 unspecified atom stereocenters. The maximum atomic E-state index is 13.4. The van der Waals surface area contributed by atoms with E-state index in [9.17, 15) is 30.0 Å². The number of amides is 1. The van der Waals surface area contributed by atoms with Gasteiger partial charge in [0.25, 0.3) is 0 Å². The standard InChI is InChI=1S/C37H32N6O7S3/c1-51(45,46)35-27-13-11-25(39-27)34(23-8-4-5-9-24(23)43-33(44)19-10-22-7-6-20-38-21-22)26-12-14-28(40-26)36(52(2,47)48)30-16-18-32(42-30)37(53(3,49)50)31-17-15-29(35)41-31/h4-9,11-18,20-21,39-40H,10,19H2,1-3H3,(H,43,44). The van der Waals surface area contributed by atoms with Gasteiger partial charge in [0.05, 0.1) is 33.8 Å². The van der Waals surface area contributed by atoms with Crippen LogP contribution in [0.15, 0.2) is 87.7 Å². The molecule has 53 heavy (non-hydrogen) atoms. The number of anilines is 1. The molecule has 0 aliphatic carbocycles. The first kappa shape index (κ1) is 35.7. The molecule has 0 fully saturated rings. The number of sulfone groups is 3. The number of nitrogens with zero attached hydrogens (tertiary/aromatic N) is 3. The fourth-order valence-electron chi connectivity index (χ4n) is 6.41. The molecule has 2 aliphatic heterocycles. The lowest BCUT2D eigenvalue weighted by Gasteiger charge is -2.12. The highest BCUT2D eigenvalue weighted by atomic mass is 32.2. The van der Waals surface area contributed by atoms with Crippen molar-refractivity contribution < 1.29 is 30.0 Å². The van der Waals surface area contributed by atoms with Gasteiger partial charge in [-0.15, -0.1) is 0 Å². The van der Waals surface area contributed by atoms with Crippen LogP contribution in [-0.2, 0) is 40.7 Å². The predicted octanol–water partition coefficient (Wildman–Crippen LogP) is 5.50. The maximum absolute atomic E-state index is 13.4. The van der Waals surface area contributed by atoms with E-state index in [1.54, 1.807) is 67.0 Å². The van der Waals surface area contributed by atoms with Gasteiger partial charge in [0.15, 0.2) is 29.5 Å². The van der Waals surface area contributed by atoms with Gasteiger partial charge in [0.1, 0.15) is 14.7 Å². The van der Waals surface area contributed by atoms with E-state index < -0.39 is 29.5 Å². The van der Waals surface area contributed by atoms with Crippen molar-refractivity contribution in [3.63, 3.8) is 0 Å². The van der Waals surface area contributed by atoms with E-state index in [1.807, 2.05) is 6.07 Å². The Morgan fingerprint density at radius 2 is 1.11 bits per heavy atom. The van der Waals surface area contributed by atoms with Crippen molar-refractivity contribution >= 4 is 87.5 Å². The Bertz CT molecular complexity index is 2780. The molecule has 2 aliphatic rings. The van der Waals surface area contributed by atoms with Gasteiger partial charge in [-0.3, -0.25) is 9.78 Å². The minimum atomic E-state index is -4.02. The van der Waals surface area contributed by atoms with E-state index in [0.29, 0.717) is 34.3 Å². The van der Waals surface area contributed by atoms with Gasteiger partial charge >= 0.3 is 0 Å². The molecule has 5 aromatic rings. The Hall–Kier alpha value is -5.71. The van der Waals surface area contributed by atoms with E-state index in [4.69, 9.17) is 0 Å². The first-order valence-corrected chi connectivity index (χ1v) is 21.8. The summed E-state index contributed by atoms with van der Waals surface area (Å²) in [5.41, 5.74) is 3.42. The van der Waals surface area contributed by atoms with Crippen LogP contribution in [0.2, 0.25) is 0 Å². The van der Waals surface area contributed by atoms with Crippen LogP contribution in [0.4, 0.5) is 5.69 Å². The lowest BCUT2D eigenvalue weighted by molar-refractivity contribution is -0.116. The summed E-state index contributed by atoms with van der Waals surface area (Å²) in [6, 6.07) is 17.2. The number of H-pyrrole nitrogens is 2. The van der Waals surface area contributed by atoms with Crippen molar-refractivity contribution in [2.24, 2.45) is 0 Å². The van der Waals surface area contributed by atoms with Crippen molar-refractivity contribution in [2.45, 2.75) is 27.5 Å². The van der Waals surface area contributed by atoms with Crippen LogP contribution in [0.3, 0.4) is 0 Å². The summed E-state index contributed by atoms with van der Waals surface area (Å²) < 4.78 is 79.8. The second-order valence-corrected chi connectivity index (χ2v) is 18.5. The zero-order valence-corrected chi connectivity index (χ0v) is 31.0. The topological polar surface area (TPSA) is 202 Å². The summed E-state index contributed by atoms with van der Waals surface area (Å²) in [5, 5.41) is 3.00. The molecule has 1 amide bonds. The number of aryl methyl sites for hydroxylation is 1. The Balaban J connectivity index is 1.56. The Kier molecular flexibility index (Phi) is 9.00. The fourth-order valence-corrected chi connectivity index (χ4v) is 9.42. The normalized spacial score (nSPS) is 13.0. The minimum absolute atomic E-state index is 0.00991. The number of aromatic nitrogens is 5. The van der Waals surface area contributed by atoms with E-state index in [1.165, 1.54) is 24.3 Å². The molecule has 0 spiro atoms. The van der Waals surface area contributed by atoms with Gasteiger partial charge in [-0.1, -0.05) is 24.3 Å². The highest BCUT2D eigenvalue weighted by Crippen LogP contribution is 2.37. The van der Waals surface area contributed by atoms with Crippen molar-refractivity contribution in [3.8, 4) is 11.1 Å². The summed E-state index contributed by atoms with van der Waals surface area (Å²) in [7, 11) is -12.0. The number of carbonyl (C=O) groups excluding carboxylic acids is 1. The Morgan fingerprint density at radius 1 is 0.623 bits per heavy atom. The van der Waals surface area contributed by atoms with Crippen molar-refractivity contribution in [1.82, 2.24) is 24.9 Å². The average molecular weight is 769 g/mol. The molecule has 0 radical (unpaired) electrons. The molecule has 8 bridgehead atoms. The highest BCUT2D eigenvalue weighted by Gasteiger charge is 2.26. The third kappa shape index (κ3) is 7.20. The van der Waals surface area contributed by atoms with Crippen LogP contribution in [0.5, 0.6) is 0 Å². The van der Waals surface area contributed by atoms with Gasteiger partial charge in [0, 0.05) is 65.4 Å². The number of para-hydroxylation sites is 1. The second-order valence-electron chi connectivity index (χ2n) is 12.6. The Labute approximate surface area is 305 Å². The molecule has 13 nitrogen and oxygen atoms in total. The van der Waals surface area contributed by atoms with E-state index >= 15 is 0 Å². The molecule has 16 heteroatoms. The molecule has 270 valence electrons. The number of pyridine rings is 1. The van der Waals surface area contributed by atoms with Crippen LogP contribution in [0.25, 0.3) is 57.5 Å². The summed E-state index contributed by atoms with van der Waals surface area (Å²) in [4.78, 5) is 32.1. The lowest BCUT2D eigenvalue weighted by atomic mass is 10.0. The quantitative estimate of drug-likeness (QED) is 0.177. The van der Waals surface area contributed by atoms with Crippen LogP contribution in [0, 0.1) is 0 Å². The third-order valence-electron chi connectivity index (χ3n) is 8.56. The largest absolute Gasteiger partial charge is 0.354 e. The van der Waals surface area contributed by atoms with Crippen molar-refractivity contribution in [3.05, 3.63) is 101 Å². The fraction of sp³-hybridized carbons (Fsp3) is 0.135. The van der Waals surface area contributed by atoms with Crippen LogP contribution in [-0.4, -0.2) is 74.8 Å². The second kappa shape index (κ2) is 13.4. The first-order chi connectivity index (χ1) is 25.1. The predicted molar refractivity (Wildman–Crippen MR) is 205 cm³/mol. The smallest absolute Gasteiger partial charge is 0.224 e. The van der Waals surface area contributed by atoms with E-state index in [-0.39, 0.29) is 60.8 Å². The van der Waals surface area contributed by atoms with Crippen LogP contribution >= 0.6 is 0 Å². The summed E-state index contributed by atoms with van der Waals surface area (Å²) in [5.74, 6) is -0.253. The monoisotopic (exact) mass is 768 g/mol. The number of benzene rings is 1. The molecule has 0 saturated heterocycles. The third-order valence-corrected chi connectivity index (χ3v) is 12.1.